The fourth-order valence-electron chi connectivity index (χ4n) is 3.53. The molecule has 2 aromatic carbocycles. The van der Waals surface area contributed by atoms with Crippen LogP contribution in [0.3, 0.4) is 0 Å². The smallest absolute Gasteiger partial charge is 0.118 e. The largest absolute Gasteiger partial charge is 0.497 e. The average molecular weight is 357 g/mol. The molecular formula is C22H19N3O2. The maximum absolute atomic E-state index is 5.39. The summed E-state index contributed by atoms with van der Waals surface area (Å²) in [5, 5.41) is 3.47. The average Bonchev–Trinajstić information content (AvgIpc) is 3.12. The molecule has 0 bridgehead atoms. The maximum atomic E-state index is 5.39. The Morgan fingerprint density at radius 1 is 1.07 bits per heavy atom. The molecule has 0 spiro atoms. The Morgan fingerprint density at radius 3 is 2.81 bits per heavy atom. The van der Waals surface area contributed by atoms with Gasteiger partial charge < -0.3 is 9.72 Å². The SMILES string of the molecule is COc1ccc(/C=C/c2cc3c(ccc4c5c(nc43)CNOC5)c[nH]2)cc1. The van der Waals surface area contributed by atoms with Gasteiger partial charge in [0.2, 0.25) is 0 Å². The lowest BCUT2D eigenvalue weighted by Crippen LogP contribution is -2.20. The highest BCUT2D eigenvalue weighted by Gasteiger charge is 2.18. The van der Waals surface area contributed by atoms with E-state index in [4.69, 9.17) is 14.6 Å². The van der Waals surface area contributed by atoms with E-state index in [1.54, 1.807) is 7.11 Å². The molecule has 1 aliphatic heterocycles. The van der Waals surface area contributed by atoms with Crippen LogP contribution in [0.25, 0.3) is 33.8 Å². The lowest BCUT2D eigenvalue weighted by Gasteiger charge is -2.11. The van der Waals surface area contributed by atoms with Crippen molar-refractivity contribution in [2.75, 3.05) is 7.11 Å². The van der Waals surface area contributed by atoms with Gasteiger partial charge in [0.15, 0.2) is 0 Å². The Bertz CT molecular complexity index is 1160. The van der Waals surface area contributed by atoms with Gasteiger partial charge in [-0.1, -0.05) is 30.3 Å². The number of nitrogens with zero attached hydrogens (tertiary/aromatic N) is 1. The molecule has 5 rings (SSSR count). The zero-order chi connectivity index (χ0) is 18.2. The van der Waals surface area contributed by atoms with Crippen LogP contribution in [0.15, 0.2) is 48.7 Å². The van der Waals surface area contributed by atoms with Gasteiger partial charge in [0, 0.05) is 28.2 Å². The van der Waals surface area contributed by atoms with Crippen LogP contribution in [-0.4, -0.2) is 17.1 Å². The van der Waals surface area contributed by atoms with E-state index >= 15 is 0 Å². The number of hydroxylamine groups is 1. The number of aromatic amines is 1. The molecule has 3 heterocycles. The highest BCUT2D eigenvalue weighted by atomic mass is 16.6. The van der Waals surface area contributed by atoms with Crippen LogP contribution in [0.5, 0.6) is 5.75 Å². The molecule has 0 aliphatic carbocycles. The van der Waals surface area contributed by atoms with E-state index in [2.05, 4.69) is 40.8 Å². The van der Waals surface area contributed by atoms with Crippen molar-refractivity contribution in [3.05, 3.63) is 71.2 Å². The molecule has 0 radical (unpaired) electrons. The number of methoxy groups -OCH3 is 1. The van der Waals surface area contributed by atoms with Crippen molar-refractivity contribution in [3.63, 3.8) is 0 Å². The number of ether oxygens (including phenoxy) is 1. The van der Waals surface area contributed by atoms with E-state index in [0.717, 1.165) is 39.0 Å². The lowest BCUT2D eigenvalue weighted by atomic mass is 10.1. The molecule has 134 valence electrons. The molecule has 0 unspecified atom stereocenters. The second kappa shape index (κ2) is 6.54. The predicted octanol–water partition coefficient (Wildman–Crippen LogP) is 4.43. The quantitative estimate of drug-likeness (QED) is 0.569. The standard InChI is InChI=1S/C22H19N3O2/c1-26-17-7-3-14(4-8-17)2-6-16-10-19-15(11-23-16)5-9-18-20-13-27-24-12-21(20)25-22(18)19/h2-11,23-24H,12-13H2,1H3/b6-2+. The molecule has 0 saturated carbocycles. The van der Waals surface area contributed by atoms with Crippen LogP contribution >= 0.6 is 0 Å². The third-order valence-electron chi connectivity index (χ3n) is 4.99. The molecule has 1 aliphatic rings. The zero-order valence-corrected chi connectivity index (χ0v) is 15.0. The minimum Gasteiger partial charge on any atom is -0.497 e. The number of rotatable bonds is 3. The van der Waals surface area contributed by atoms with E-state index in [1.807, 2.05) is 30.5 Å². The van der Waals surface area contributed by atoms with Crippen molar-refractivity contribution in [1.29, 1.82) is 0 Å². The van der Waals surface area contributed by atoms with Crippen molar-refractivity contribution >= 4 is 33.8 Å². The Morgan fingerprint density at radius 2 is 1.96 bits per heavy atom. The first-order valence-corrected chi connectivity index (χ1v) is 8.91. The minimum atomic E-state index is 0.556. The van der Waals surface area contributed by atoms with Crippen LogP contribution in [-0.2, 0) is 18.0 Å². The van der Waals surface area contributed by atoms with E-state index in [9.17, 15) is 0 Å². The van der Waals surface area contributed by atoms with E-state index in [1.165, 1.54) is 10.9 Å². The molecule has 5 nitrogen and oxygen atoms in total. The van der Waals surface area contributed by atoms with Gasteiger partial charge in [-0.05, 0) is 35.2 Å². The second-order valence-corrected chi connectivity index (χ2v) is 6.61. The molecule has 0 atom stereocenters. The topological polar surface area (TPSA) is 59.2 Å². The van der Waals surface area contributed by atoms with Crippen molar-refractivity contribution < 1.29 is 9.57 Å². The summed E-state index contributed by atoms with van der Waals surface area (Å²) in [7, 11) is 1.67. The predicted molar refractivity (Wildman–Crippen MR) is 107 cm³/mol. The summed E-state index contributed by atoms with van der Waals surface area (Å²) in [6.45, 7) is 1.20. The van der Waals surface area contributed by atoms with Crippen LogP contribution in [0, 0.1) is 0 Å². The highest BCUT2D eigenvalue weighted by Crippen LogP contribution is 2.31. The van der Waals surface area contributed by atoms with Crippen molar-refractivity contribution in [3.8, 4) is 5.75 Å². The van der Waals surface area contributed by atoms with Gasteiger partial charge >= 0.3 is 0 Å². The number of nitrogens with one attached hydrogen (secondary N) is 2. The Labute approximate surface area is 156 Å². The number of benzene rings is 2. The first kappa shape index (κ1) is 16.1. The van der Waals surface area contributed by atoms with Gasteiger partial charge in [0.25, 0.3) is 0 Å². The number of hydrogen-bond donors (Lipinski definition) is 2. The number of pyridine rings is 1. The number of H-pyrrole nitrogens is 1. The highest BCUT2D eigenvalue weighted by molar-refractivity contribution is 6.07. The second-order valence-electron chi connectivity index (χ2n) is 6.61. The maximum Gasteiger partial charge on any atom is 0.118 e. The van der Waals surface area contributed by atoms with E-state index in [-0.39, 0.29) is 0 Å². The zero-order valence-electron chi connectivity index (χ0n) is 15.0. The molecule has 5 heteroatoms. The van der Waals surface area contributed by atoms with Crippen LogP contribution in [0.2, 0.25) is 0 Å². The van der Waals surface area contributed by atoms with Gasteiger partial charge in [-0.25, -0.2) is 0 Å². The summed E-state index contributed by atoms with van der Waals surface area (Å²) in [6.07, 6.45) is 6.19. The molecule has 4 aromatic rings. The molecule has 0 saturated heterocycles. The third kappa shape index (κ3) is 2.87. The summed E-state index contributed by atoms with van der Waals surface area (Å²) in [5.41, 5.74) is 8.37. The van der Waals surface area contributed by atoms with Crippen LogP contribution < -0.4 is 10.2 Å². The number of fused-ring (bicyclic) bond motifs is 5. The van der Waals surface area contributed by atoms with Crippen molar-refractivity contribution in [2.24, 2.45) is 0 Å². The van der Waals surface area contributed by atoms with Gasteiger partial charge in [0.1, 0.15) is 5.75 Å². The molecule has 2 N–H and O–H groups in total. The monoisotopic (exact) mass is 357 g/mol. The summed E-state index contributed by atoms with van der Waals surface area (Å²) < 4.78 is 5.20. The Kier molecular flexibility index (Phi) is 3.89. The van der Waals surface area contributed by atoms with E-state index in [0.29, 0.717) is 13.2 Å². The minimum absolute atomic E-state index is 0.556. The summed E-state index contributed by atoms with van der Waals surface area (Å²) >= 11 is 0. The first-order valence-electron chi connectivity index (χ1n) is 8.91. The summed E-state index contributed by atoms with van der Waals surface area (Å²) in [4.78, 5) is 13.6. The molecule has 27 heavy (non-hydrogen) atoms. The van der Waals surface area contributed by atoms with Gasteiger partial charge in [-0.2, -0.15) is 5.48 Å². The Balaban J connectivity index is 1.56. The van der Waals surface area contributed by atoms with Crippen molar-refractivity contribution in [1.82, 2.24) is 15.4 Å². The van der Waals surface area contributed by atoms with Crippen LogP contribution in [0.4, 0.5) is 0 Å². The molecule has 2 aromatic heterocycles. The van der Waals surface area contributed by atoms with Gasteiger partial charge in [-0.15, -0.1) is 0 Å². The fourth-order valence-corrected chi connectivity index (χ4v) is 3.53. The normalized spacial score (nSPS) is 14.1. The summed E-state index contributed by atoms with van der Waals surface area (Å²) in [5.74, 6) is 0.858. The first-order chi connectivity index (χ1) is 13.3. The van der Waals surface area contributed by atoms with E-state index < -0.39 is 0 Å². The molecule has 0 fully saturated rings. The van der Waals surface area contributed by atoms with Gasteiger partial charge in [0.05, 0.1) is 31.5 Å². The number of hydrogen-bond acceptors (Lipinski definition) is 4. The number of aromatic nitrogens is 2. The van der Waals surface area contributed by atoms with Gasteiger partial charge in [-0.3, -0.25) is 9.82 Å². The Hall–Kier alpha value is -3.15. The van der Waals surface area contributed by atoms with Crippen LogP contribution in [0.1, 0.15) is 22.5 Å². The lowest BCUT2D eigenvalue weighted by molar-refractivity contribution is 0.0109. The summed E-state index contributed by atoms with van der Waals surface area (Å²) in [6, 6.07) is 14.4. The van der Waals surface area contributed by atoms with Crippen molar-refractivity contribution in [2.45, 2.75) is 13.2 Å². The molecule has 0 amide bonds. The fraction of sp³-hybridized carbons (Fsp3) is 0.136. The third-order valence-corrected chi connectivity index (χ3v) is 4.99. The molecular weight excluding hydrogens is 338 g/mol.